The lowest BCUT2D eigenvalue weighted by Crippen LogP contribution is -2.25. The standard InChI is InChI=1S/C10H9N3O/c1-2-8-5-10(14)13(7-8)9-6-11-3-4-12-9/h1,3-4,6,8H,5,7H2. The number of rotatable bonds is 1. The fourth-order valence-electron chi connectivity index (χ4n) is 1.47. The van der Waals surface area contributed by atoms with Gasteiger partial charge in [-0.3, -0.25) is 14.7 Å². The van der Waals surface area contributed by atoms with E-state index in [-0.39, 0.29) is 11.8 Å². The zero-order chi connectivity index (χ0) is 9.97. The van der Waals surface area contributed by atoms with Gasteiger partial charge in [0.1, 0.15) is 0 Å². The molecular weight excluding hydrogens is 178 g/mol. The summed E-state index contributed by atoms with van der Waals surface area (Å²) in [6.45, 7) is 0.550. The Bertz CT molecular complexity index is 382. The number of amides is 1. The smallest absolute Gasteiger partial charge is 0.229 e. The van der Waals surface area contributed by atoms with E-state index in [1.54, 1.807) is 23.5 Å². The molecule has 4 heteroatoms. The van der Waals surface area contributed by atoms with Crippen LogP contribution in [0.15, 0.2) is 18.6 Å². The molecule has 0 aliphatic carbocycles. The fraction of sp³-hybridized carbons (Fsp3) is 0.300. The van der Waals surface area contributed by atoms with Crippen molar-refractivity contribution in [3.8, 4) is 12.3 Å². The van der Waals surface area contributed by atoms with Crippen molar-refractivity contribution >= 4 is 11.7 Å². The van der Waals surface area contributed by atoms with Crippen molar-refractivity contribution in [3.63, 3.8) is 0 Å². The molecule has 2 heterocycles. The van der Waals surface area contributed by atoms with Gasteiger partial charge in [-0.05, 0) is 0 Å². The first-order valence-corrected chi connectivity index (χ1v) is 4.34. The Hall–Kier alpha value is -1.89. The third-order valence-electron chi connectivity index (χ3n) is 2.19. The average molecular weight is 187 g/mol. The lowest BCUT2D eigenvalue weighted by Gasteiger charge is -2.13. The Morgan fingerprint density at radius 1 is 1.57 bits per heavy atom. The van der Waals surface area contributed by atoms with Crippen molar-refractivity contribution in [2.45, 2.75) is 6.42 Å². The summed E-state index contributed by atoms with van der Waals surface area (Å²) >= 11 is 0. The van der Waals surface area contributed by atoms with Crippen LogP contribution in [0, 0.1) is 18.3 Å². The summed E-state index contributed by atoms with van der Waals surface area (Å²) in [7, 11) is 0. The second-order valence-electron chi connectivity index (χ2n) is 3.14. The van der Waals surface area contributed by atoms with E-state index < -0.39 is 0 Å². The van der Waals surface area contributed by atoms with E-state index in [0.717, 1.165) is 0 Å². The average Bonchev–Trinajstić information content (AvgIpc) is 2.61. The van der Waals surface area contributed by atoms with E-state index in [1.807, 2.05) is 0 Å². The highest BCUT2D eigenvalue weighted by molar-refractivity contribution is 5.95. The molecule has 70 valence electrons. The van der Waals surface area contributed by atoms with Gasteiger partial charge < -0.3 is 0 Å². The first-order valence-electron chi connectivity index (χ1n) is 4.34. The van der Waals surface area contributed by atoms with Crippen molar-refractivity contribution in [2.75, 3.05) is 11.4 Å². The molecule has 1 aromatic rings. The highest BCUT2D eigenvalue weighted by Crippen LogP contribution is 2.21. The Morgan fingerprint density at radius 2 is 2.43 bits per heavy atom. The monoisotopic (exact) mass is 187 g/mol. The van der Waals surface area contributed by atoms with Crippen LogP contribution < -0.4 is 4.90 Å². The molecule has 0 radical (unpaired) electrons. The Labute approximate surface area is 82.0 Å². The number of carbonyl (C=O) groups excluding carboxylic acids is 1. The number of hydrogen-bond acceptors (Lipinski definition) is 3. The molecule has 1 atom stereocenters. The molecule has 0 saturated carbocycles. The van der Waals surface area contributed by atoms with Crippen LogP contribution in [0.1, 0.15) is 6.42 Å². The molecule has 1 aromatic heterocycles. The van der Waals surface area contributed by atoms with Crippen molar-refractivity contribution in [1.29, 1.82) is 0 Å². The summed E-state index contributed by atoms with van der Waals surface area (Å²) in [5.74, 6) is 3.19. The molecule has 1 saturated heterocycles. The minimum Gasteiger partial charge on any atom is -0.294 e. The van der Waals surface area contributed by atoms with Crippen LogP contribution in [-0.4, -0.2) is 22.4 Å². The van der Waals surface area contributed by atoms with Crippen molar-refractivity contribution in [1.82, 2.24) is 9.97 Å². The van der Waals surface area contributed by atoms with Gasteiger partial charge in [0.25, 0.3) is 0 Å². The first kappa shape index (κ1) is 8.70. The minimum atomic E-state index is 0.00417. The predicted octanol–water partition coefficient (Wildman–Crippen LogP) is 0.463. The summed E-state index contributed by atoms with van der Waals surface area (Å²) < 4.78 is 0. The lowest BCUT2D eigenvalue weighted by molar-refractivity contribution is -0.117. The maximum Gasteiger partial charge on any atom is 0.229 e. The normalized spacial score (nSPS) is 20.9. The maximum atomic E-state index is 11.5. The van der Waals surface area contributed by atoms with Crippen molar-refractivity contribution in [2.24, 2.45) is 5.92 Å². The van der Waals surface area contributed by atoms with Gasteiger partial charge >= 0.3 is 0 Å². The second-order valence-corrected chi connectivity index (χ2v) is 3.14. The zero-order valence-corrected chi connectivity index (χ0v) is 7.55. The molecule has 0 aromatic carbocycles. The van der Waals surface area contributed by atoms with Gasteiger partial charge in [0.15, 0.2) is 5.82 Å². The molecule has 2 rings (SSSR count). The largest absolute Gasteiger partial charge is 0.294 e. The summed E-state index contributed by atoms with van der Waals surface area (Å²) in [4.78, 5) is 21.0. The van der Waals surface area contributed by atoms with Gasteiger partial charge in [0.2, 0.25) is 5.91 Å². The zero-order valence-electron chi connectivity index (χ0n) is 7.55. The predicted molar refractivity (Wildman–Crippen MR) is 51.3 cm³/mol. The van der Waals surface area contributed by atoms with Crippen LogP contribution in [-0.2, 0) is 4.79 Å². The van der Waals surface area contributed by atoms with Crippen LogP contribution >= 0.6 is 0 Å². The Balaban J connectivity index is 2.22. The third kappa shape index (κ3) is 1.44. The molecule has 1 amide bonds. The summed E-state index contributed by atoms with van der Waals surface area (Å²) in [6, 6.07) is 0. The summed E-state index contributed by atoms with van der Waals surface area (Å²) in [5.41, 5.74) is 0. The van der Waals surface area contributed by atoms with Crippen LogP contribution in [0.2, 0.25) is 0 Å². The molecule has 1 aliphatic rings. The Kier molecular flexibility index (Phi) is 2.15. The minimum absolute atomic E-state index is 0.00417. The van der Waals surface area contributed by atoms with Crippen LogP contribution in [0.25, 0.3) is 0 Å². The van der Waals surface area contributed by atoms with E-state index >= 15 is 0 Å². The van der Waals surface area contributed by atoms with Gasteiger partial charge in [0.05, 0.1) is 6.20 Å². The molecule has 1 aliphatic heterocycles. The second kappa shape index (κ2) is 3.46. The number of carbonyl (C=O) groups is 1. The number of anilines is 1. The molecular formula is C10H9N3O. The summed E-state index contributed by atoms with van der Waals surface area (Å²) in [5, 5.41) is 0. The summed E-state index contributed by atoms with van der Waals surface area (Å²) in [6.07, 6.45) is 10.4. The number of hydrogen-bond donors (Lipinski definition) is 0. The lowest BCUT2D eigenvalue weighted by atomic mass is 10.1. The molecule has 0 spiro atoms. The van der Waals surface area contributed by atoms with Crippen LogP contribution in [0.3, 0.4) is 0 Å². The van der Waals surface area contributed by atoms with Gasteiger partial charge in [-0.2, -0.15) is 0 Å². The third-order valence-corrected chi connectivity index (χ3v) is 2.19. The van der Waals surface area contributed by atoms with Gasteiger partial charge in [-0.25, -0.2) is 4.98 Å². The van der Waals surface area contributed by atoms with E-state index in [9.17, 15) is 4.79 Å². The molecule has 4 nitrogen and oxygen atoms in total. The van der Waals surface area contributed by atoms with E-state index in [4.69, 9.17) is 6.42 Å². The fourth-order valence-corrected chi connectivity index (χ4v) is 1.47. The highest BCUT2D eigenvalue weighted by Gasteiger charge is 2.29. The first-order chi connectivity index (χ1) is 6.81. The number of terminal acetylenes is 1. The van der Waals surface area contributed by atoms with E-state index in [1.165, 1.54) is 0 Å². The molecule has 0 N–H and O–H groups in total. The molecule has 14 heavy (non-hydrogen) atoms. The van der Waals surface area contributed by atoms with Crippen molar-refractivity contribution < 1.29 is 4.79 Å². The molecule has 1 unspecified atom stereocenters. The number of aromatic nitrogens is 2. The van der Waals surface area contributed by atoms with Gasteiger partial charge in [-0.1, -0.05) is 0 Å². The quantitative estimate of drug-likeness (QED) is 0.600. The topological polar surface area (TPSA) is 46.1 Å². The van der Waals surface area contributed by atoms with Crippen LogP contribution in [0.5, 0.6) is 0 Å². The molecule has 0 bridgehead atoms. The van der Waals surface area contributed by atoms with Gasteiger partial charge in [0, 0.05) is 31.3 Å². The van der Waals surface area contributed by atoms with Gasteiger partial charge in [-0.15, -0.1) is 12.3 Å². The van der Waals surface area contributed by atoms with E-state index in [0.29, 0.717) is 18.8 Å². The number of nitrogens with zero attached hydrogens (tertiary/aromatic N) is 3. The highest BCUT2D eigenvalue weighted by atomic mass is 16.2. The maximum absolute atomic E-state index is 11.5. The SMILES string of the molecule is C#CC1CC(=O)N(c2cnccn2)C1. The van der Waals surface area contributed by atoms with Crippen LogP contribution in [0.4, 0.5) is 5.82 Å². The van der Waals surface area contributed by atoms with E-state index in [2.05, 4.69) is 15.9 Å². The van der Waals surface area contributed by atoms with Crippen molar-refractivity contribution in [3.05, 3.63) is 18.6 Å². The molecule has 1 fully saturated rings. The Morgan fingerprint density at radius 3 is 3.00 bits per heavy atom.